The van der Waals surface area contributed by atoms with Gasteiger partial charge < -0.3 is 14.8 Å². The summed E-state index contributed by atoms with van der Waals surface area (Å²) in [5, 5.41) is 23.9. The molecule has 0 aromatic heterocycles. The Morgan fingerprint density at radius 3 is 2.39 bits per heavy atom. The Labute approximate surface area is 165 Å². The summed E-state index contributed by atoms with van der Waals surface area (Å²) in [6, 6.07) is 9.22. The summed E-state index contributed by atoms with van der Waals surface area (Å²) >= 11 is 3.09. The fraction of sp³-hybridized carbons (Fsp3) is 0.125. The number of halogens is 1. The molecule has 0 spiro atoms. The van der Waals surface area contributed by atoms with Crippen LogP contribution in [0.5, 0.6) is 5.75 Å². The first-order valence-corrected chi connectivity index (χ1v) is 8.33. The lowest BCUT2D eigenvalue weighted by molar-refractivity contribution is -0.385. The number of amides is 1. The maximum absolute atomic E-state index is 11.8. The van der Waals surface area contributed by atoms with Crippen molar-refractivity contribution in [3.63, 3.8) is 0 Å². The fourth-order valence-corrected chi connectivity index (χ4v) is 2.43. The summed E-state index contributed by atoms with van der Waals surface area (Å²) in [5.41, 5.74) is -0.220. The molecule has 0 bridgehead atoms. The Kier molecular flexibility index (Phi) is 6.98. The molecule has 0 aliphatic heterocycles. The predicted octanol–water partition coefficient (Wildman–Crippen LogP) is 2.83. The van der Waals surface area contributed by atoms with Gasteiger partial charge in [-0.1, -0.05) is 12.1 Å². The summed E-state index contributed by atoms with van der Waals surface area (Å²) < 4.78 is 10.1. The Hall–Kier alpha value is -3.54. The lowest BCUT2D eigenvalue weighted by Gasteiger charge is -2.09. The third-order valence-electron chi connectivity index (χ3n) is 3.21. The molecule has 1 N–H and O–H groups in total. The number of carbonyl (C=O) groups excluding carboxylic acids is 2. The molecule has 11 nitrogen and oxygen atoms in total. The standard InChI is InChI=1S/C16H12BrN3O8/c17-11-7-10(19(23)24)5-6-12(11)18-15(21)8-28-16(22)9-27-14-4-2-1-3-13(14)20(25)26/h1-7H,8-9H2,(H,18,21). The first-order valence-electron chi connectivity index (χ1n) is 7.53. The van der Waals surface area contributed by atoms with Gasteiger partial charge in [0.25, 0.3) is 11.6 Å². The first-order chi connectivity index (χ1) is 13.3. The van der Waals surface area contributed by atoms with Crippen molar-refractivity contribution in [3.05, 3.63) is 67.2 Å². The zero-order chi connectivity index (χ0) is 20.7. The highest BCUT2D eigenvalue weighted by Gasteiger charge is 2.16. The number of non-ortho nitro benzene ring substituents is 1. The highest BCUT2D eigenvalue weighted by atomic mass is 79.9. The molecule has 0 saturated heterocycles. The number of nitro benzene ring substituents is 2. The molecule has 2 rings (SSSR count). The smallest absolute Gasteiger partial charge is 0.344 e. The van der Waals surface area contributed by atoms with Crippen LogP contribution < -0.4 is 10.1 Å². The van der Waals surface area contributed by atoms with Gasteiger partial charge in [0, 0.05) is 22.7 Å². The lowest BCUT2D eigenvalue weighted by atomic mass is 10.3. The topological polar surface area (TPSA) is 151 Å². The van der Waals surface area contributed by atoms with E-state index in [2.05, 4.69) is 21.2 Å². The monoisotopic (exact) mass is 453 g/mol. The summed E-state index contributed by atoms with van der Waals surface area (Å²) in [5.74, 6) is -1.70. The van der Waals surface area contributed by atoms with Crippen molar-refractivity contribution in [2.24, 2.45) is 0 Å². The molecule has 0 saturated carbocycles. The van der Waals surface area contributed by atoms with E-state index >= 15 is 0 Å². The van der Waals surface area contributed by atoms with Crippen LogP contribution in [-0.4, -0.2) is 34.9 Å². The minimum atomic E-state index is -0.906. The fourth-order valence-electron chi connectivity index (χ4n) is 1.96. The molecule has 0 heterocycles. The van der Waals surface area contributed by atoms with Gasteiger partial charge in [0.1, 0.15) is 0 Å². The first kappa shape index (κ1) is 20.8. The molecule has 0 fully saturated rings. The molecule has 2 aromatic carbocycles. The van der Waals surface area contributed by atoms with E-state index in [-0.39, 0.29) is 27.3 Å². The van der Waals surface area contributed by atoms with Gasteiger partial charge in [-0.25, -0.2) is 4.79 Å². The number of benzene rings is 2. The van der Waals surface area contributed by atoms with Crippen LogP contribution in [0.3, 0.4) is 0 Å². The highest BCUT2D eigenvalue weighted by molar-refractivity contribution is 9.10. The van der Waals surface area contributed by atoms with E-state index in [9.17, 15) is 29.8 Å². The van der Waals surface area contributed by atoms with Gasteiger partial charge in [-0.15, -0.1) is 0 Å². The van der Waals surface area contributed by atoms with Gasteiger partial charge >= 0.3 is 11.7 Å². The van der Waals surface area contributed by atoms with E-state index < -0.39 is 34.9 Å². The second kappa shape index (κ2) is 9.41. The molecule has 0 unspecified atom stereocenters. The zero-order valence-corrected chi connectivity index (χ0v) is 15.6. The number of hydrogen-bond acceptors (Lipinski definition) is 8. The summed E-state index contributed by atoms with van der Waals surface area (Å²) in [6.45, 7) is -1.26. The Bertz CT molecular complexity index is 934. The van der Waals surface area contributed by atoms with Crippen molar-refractivity contribution in [2.75, 3.05) is 18.5 Å². The molecular weight excluding hydrogens is 442 g/mol. The van der Waals surface area contributed by atoms with Crippen LogP contribution >= 0.6 is 15.9 Å². The number of rotatable bonds is 8. The van der Waals surface area contributed by atoms with Gasteiger partial charge in [0.05, 0.1) is 15.5 Å². The average Bonchev–Trinajstić information content (AvgIpc) is 2.66. The molecule has 2 aromatic rings. The normalized spacial score (nSPS) is 10.0. The Balaban J connectivity index is 1.84. The second-order valence-corrected chi connectivity index (χ2v) is 6.00. The summed E-state index contributed by atoms with van der Waals surface area (Å²) in [4.78, 5) is 43.8. The van der Waals surface area contributed by atoms with Crippen LogP contribution in [-0.2, 0) is 14.3 Å². The number of anilines is 1. The van der Waals surface area contributed by atoms with E-state index in [0.29, 0.717) is 0 Å². The average molecular weight is 454 g/mol. The van der Waals surface area contributed by atoms with Crippen LogP contribution in [0.2, 0.25) is 0 Å². The van der Waals surface area contributed by atoms with Crippen molar-refractivity contribution in [1.29, 1.82) is 0 Å². The maximum atomic E-state index is 11.8. The largest absolute Gasteiger partial charge is 0.475 e. The molecule has 0 aliphatic carbocycles. The van der Waals surface area contributed by atoms with E-state index in [4.69, 9.17) is 9.47 Å². The zero-order valence-electron chi connectivity index (χ0n) is 14.0. The van der Waals surface area contributed by atoms with E-state index in [1.54, 1.807) is 0 Å². The number of hydrogen-bond donors (Lipinski definition) is 1. The minimum Gasteiger partial charge on any atom is -0.475 e. The third-order valence-corrected chi connectivity index (χ3v) is 3.87. The molecule has 12 heteroatoms. The van der Waals surface area contributed by atoms with E-state index in [1.807, 2.05) is 0 Å². The molecule has 1 amide bonds. The molecule has 146 valence electrons. The number of carbonyl (C=O) groups is 2. The van der Waals surface area contributed by atoms with Crippen LogP contribution in [0.15, 0.2) is 46.9 Å². The Morgan fingerprint density at radius 1 is 1.04 bits per heavy atom. The van der Waals surface area contributed by atoms with Gasteiger partial charge in [-0.3, -0.25) is 25.0 Å². The van der Waals surface area contributed by atoms with E-state index in [0.717, 1.165) is 0 Å². The summed E-state index contributed by atoms with van der Waals surface area (Å²) in [7, 11) is 0. The van der Waals surface area contributed by atoms with Crippen molar-refractivity contribution in [2.45, 2.75) is 0 Å². The molecule has 0 radical (unpaired) electrons. The molecule has 28 heavy (non-hydrogen) atoms. The summed E-state index contributed by atoms with van der Waals surface area (Å²) in [6.07, 6.45) is 0. The highest BCUT2D eigenvalue weighted by Crippen LogP contribution is 2.27. The van der Waals surface area contributed by atoms with Crippen molar-refractivity contribution in [1.82, 2.24) is 0 Å². The van der Waals surface area contributed by atoms with Crippen molar-refractivity contribution in [3.8, 4) is 5.75 Å². The number of esters is 1. The molecule has 0 aliphatic rings. The Morgan fingerprint density at radius 2 is 1.75 bits per heavy atom. The van der Waals surface area contributed by atoms with Crippen LogP contribution in [0.1, 0.15) is 0 Å². The van der Waals surface area contributed by atoms with Gasteiger partial charge in [-0.2, -0.15) is 0 Å². The van der Waals surface area contributed by atoms with E-state index in [1.165, 1.54) is 42.5 Å². The van der Waals surface area contributed by atoms with Gasteiger partial charge in [-0.05, 0) is 28.1 Å². The number of para-hydroxylation sites is 2. The molecule has 0 atom stereocenters. The predicted molar refractivity (Wildman–Crippen MR) is 99.0 cm³/mol. The number of nitro groups is 2. The second-order valence-electron chi connectivity index (χ2n) is 5.14. The van der Waals surface area contributed by atoms with Crippen molar-refractivity contribution < 1.29 is 28.9 Å². The van der Waals surface area contributed by atoms with Crippen LogP contribution in [0.4, 0.5) is 17.1 Å². The van der Waals surface area contributed by atoms with Crippen molar-refractivity contribution >= 4 is 44.9 Å². The van der Waals surface area contributed by atoms with Gasteiger partial charge in [0.2, 0.25) is 0 Å². The number of ether oxygens (including phenoxy) is 2. The quantitative estimate of drug-likeness (QED) is 0.363. The SMILES string of the molecule is O=C(COC(=O)COc1ccccc1[N+](=O)[O-])Nc1ccc([N+](=O)[O-])cc1Br. The van der Waals surface area contributed by atoms with Gasteiger partial charge in [0.15, 0.2) is 19.0 Å². The molecular formula is C16H12BrN3O8. The minimum absolute atomic E-state index is 0.108. The maximum Gasteiger partial charge on any atom is 0.344 e. The lowest BCUT2D eigenvalue weighted by Crippen LogP contribution is -2.23. The van der Waals surface area contributed by atoms with Crippen LogP contribution in [0, 0.1) is 20.2 Å². The third kappa shape index (κ3) is 5.74. The number of nitrogens with zero attached hydrogens (tertiary/aromatic N) is 2. The number of nitrogens with one attached hydrogen (secondary N) is 1. The van der Waals surface area contributed by atoms with Crippen LogP contribution in [0.25, 0.3) is 0 Å².